The SMILES string of the molecule is CC(C)NC(=O)[C@H](Cc1ccccc1)N(Cc1cccc(Br)c1)C(=O)CCc1ccccc1Cl. The Balaban J connectivity index is 1.92. The summed E-state index contributed by atoms with van der Waals surface area (Å²) in [6, 6.07) is 24.5. The van der Waals surface area contributed by atoms with Crippen molar-refractivity contribution < 1.29 is 9.59 Å². The average molecular weight is 542 g/mol. The number of hydrogen-bond acceptors (Lipinski definition) is 2. The van der Waals surface area contributed by atoms with Crippen molar-refractivity contribution >= 4 is 39.3 Å². The molecular formula is C28H30BrClN2O2. The van der Waals surface area contributed by atoms with E-state index >= 15 is 0 Å². The molecule has 0 spiro atoms. The fourth-order valence-electron chi connectivity index (χ4n) is 3.85. The summed E-state index contributed by atoms with van der Waals surface area (Å²) in [5.41, 5.74) is 2.88. The number of nitrogens with zero attached hydrogens (tertiary/aromatic N) is 1. The molecule has 0 unspecified atom stereocenters. The molecule has 0 heterocycles. The Morgan fingerprint density at radius 2 is 1.62 bits per heavy atom. The Kier molecular flexibility index (Phi) is 9.73. The van der Waals surface area contributed by atoms with E-state index in [1.807, 2.05) is 92.7 Å². The van der Waals surface area contributed by atoms with Crippen LogP contribution < -0.4 is 5.32 Å². The molecule has 1 atom stereocenters. The van der Waals surface area contributed by atoms with Crippen LogP contribution in [0, 0.1) is 0 Å². The monoisotopic (exact) mass is 540 g/mol. The number of aryl methyl sites for hydroxylation is 1. The Hall–Kier alpha value is -2.63. The van der Waals surface area contributed by atoms with E-state index in [0.717, 1.165) is 21.2 Å². The van der Waals surface area contributed by atoms with Gasteiger partial charge in [0.05, 0.1) is 0 Å². The van der Waals surface area contributed by atoms with E-state index in [1.165, 1.54) is 0 Å². The normalized spacial score (nSPS) is 11.8. The van der Waals surface area contributed by atoms with Crippen molar-refractivity contribution in [2.45, 2.75) is 51.7 Å². The van der Waals surface area contributed by atoms with Gasteiger partial charge in [-0.05, 0) is 55.2 Å². The van der Waals surface area contributed by atoms with Gasteiger partial charge in [-0.25, -0.2) is 0 Å². The van der Waals surface area contributed by atoms with Gasteiger partial charge in [-0.1, -0.05) is 88.2 Å². The van der Waals surface area contributed by atoms with Crippen LogP contribution in [-0.2, 0) is 29.0 Å². The number of rotatable bonds is 10. The predicted octanol–water partition coefficient (Wildman–Crippen LogP) is 6.20. The van der Waals surface area contributed by atoms with Gasteiger partial charge >= 0.3 is 0 Å². The zero-order valence-electron chi connectivity index (χ0n) is 19.5. The highest BCUT2D eigenvalue weighted by Gasteiger charge is 2.30. The number of benzene rings is 3. The molecule has 0 bridgehead atoms. The molecule has 0 aliphatic heterocycles. The largest absolute Gasteiger partial charge is 0.352 e. The van der Waals surface area contributed by atoms with Gasteiger partial charge < -0.3 is 10.2 Å². The number of carbonyl (C=O) groups is 2. The summed E-state index contributed by atoms with van der Waals surface area (Å²) < 4.78 is 0.930. The number of amides is 2. The van der Waals surface area contributed by atoms with Gasteiger partial charge in [0.2, 0.25) is 11.8 Å². The molecule has 2 amide bonds. The number of nitrogens with one attached hydrogen (secondary N) is 1. The fraction of sp³-hybridized carbons (Fsp3) is 0.286. The first-order valence-electron chi connectivity index (χ1n) is 11.4. The summed E-state index contributed by atoms with van der Waals surface area (Å²) in [7, 11) is 0. The molecule has 0 saturated carbocycles. The fourth-order valence-corrected chi connectivity index (χ4v) is 4.53. The third-order valence-electron chi connectivity index (χ3n) is 5.51. The van der Waals surface area contributed by atoms with Crippen molar-refractivity contribution in [3.05, 3.63) is 105 Å². The van der Waals surface area contributed by atoms with Crippen molar-refractivity contribution in [2.75, 3.05) is 0 Å². The Morgan fingerprint density at radius 1 is 0.941 bits per heavy atom. The van der Waals surface area contributed by atoms with Crippen molar-refractivity contribution in [3.8, 4) is 0 Å². The molecule has 0 radical (unpaired) electrons. The molecule has 1 N–H and O–H groups in total. The van der Waals surface area contributed by atoms with E-state index in [4.69, 9.17) is 11.6 Å². The van der Waals surface area contributed by atoms with Gasteiger partial charge in [-0.15, -0.1) is 0 Å². The number of halogens is 2. The molecular weight excluding hydrogens is 512 g/mol. The van der Waals surface area contributed by atoms with E-state index in [9.17, 15) is 9.59 Å². The zero-order chi connectivity index (χ0) is 24.5. The van der Waals surface area contributed by atoms with Crippen LogP contribution in [0.2, 0.25) is 5.02 Å². The highest BCUT2D eigenvalue weighted by molar-refractivity contribution is 9.10. The van der Waals surface area contributed by atoms with Gasteiger partial charge in [0.25, 0.3) is 0 Å². The maximum atomic E-state index is 13.6. The van der Waals surface area contributed by atoms with Crippen LogP contribution >= 0.6 is 27.5 Å². The molecule has 0 saturated heterocycles. The van der Waals surface area contributed by atoms with E-state index in [1.54, 1.807) is 4.90 Å². The number of hydrogen-bond donors (Lipinski definition) is 1. The van der Waals surface area contributed by atoms with Gasteiger partial charge in [-0.3, -0.25) is 9.59 Å². The van der Waals surface area contributed by atoms with Crippen LogP contribution in [-0.4, -0.2) is 28.8 Å². The molecule has 178 valence electrons. The first kappa shape index (κ1) is 26.0. The Bertz CT molecular complexity index is 1100. The van der Waals surface area contributed by atoms with E-state index in [-0.39, 0.29) is 24.3 Å². The smallest absolute Gasteiger partial charge is 0.243 e. The van der Waals surface area contributed by atoms with Crippen molar-refractivity contribution in [3.63, 3.8) is 0 Å². The second-order valence-corrected chi connectivity index (χ2v) is 9.93. The summed E-state index contributed by atoms with van der Waals surface area (Å²) in [5, 5.41) is 3.66. The second kappa shape index (κ2) is 12.7. The first-order valence-corrected chi connectivity index (χ1v) is 12.6. The lowest BCUT2D eigenvalue weighted by molar-refractivity contribution is -0.141. The summed E-state index contributed by atoms with van der Waals surface area (Å²) in [4.78, 5) is 28.7. The Labute approximate surface area is 215 Å². The minimum absolute atomic E-state index is 0.0308. The highest BCUT2D eigenvalue weighted by atomic mass is 79.9. The van der Waals surface area contributed by atoms with Crippen LogP contribution in [0.15, 0.2) is 83.3 Å². The lowest BCUT2D eigenvalue weighted by Gasteiger charge is -2.32. The second-order valence-electron chi connectivity index (χ2n) is 8.61. The van der Waals surface area contributed by atoms with Crippen molar-refractivity contribution in [2.24, 2.45) is 0 Å². The average Bonchev–Trinajstić information content (AvgIpc) is 2.81. The first-order chi connectivity index (χ1) is 16.3. The third kappa shape index (κ3) is 7.71. The van der Waals surface area contributed by atoms with Crippen LogP contribution in [0.5, 0.6) is 0 Å². The minimum atomic E-state index is -0.637. The Morgan fingerprint density at radius 3 is 2.29 bits per heavy atom. The molecule has 34 heavy (non-hydrogen) atoms. The summed E-state index contributed by atoms with van der Waals surface area (Å²) >= 11 is 9.83. The summed E-state index contributed by atoms with van der Waals surface area (Å²) in [5.74, 6) is -0.236. The highest BCUT2D eigenvalue weighted by Crippen LogP contribution is 2.21. The van der Waals surface area contributed by atoms with E-state index in [0.29, 0.717) is 24.4 Å². The molecule has 0 aromatic heterocycles. The summed E-state index contributed by atoms with van der Waals surface area (Å²) in [6.07, 6.45) is 1.21. The van der Waals surface area contributed by atoms with Gasteiger partial charge in [0.1, 0.15) is 6.04 Å². The summed E-state index contributed by atoms with van der Waals surface area (Å²) in [6.45, 7) is 4.19. The predicted molar refractivity (Wildman–Crippen MR) is 142 cm³/mol. The molecule has 0 fully saturated rings. The van der Waals surface area contributed by atoms with Gasteiger partial charge in [-0.2, -0.15) is 0 Å². The third-order valence-corrected chi connectivity index (χ3v) is 6.37. The van der Waals surface area contributed by atoms with Crippen LogP contribution in [0.4, 0.5) is 0 Å². The number of carbonyl (C=O) groups excluding carboxylic acids is 2. The molecule has 4 nitrogen and oxygen atoms in total. The molecule has 6 heteroatoms. The molecule has 0 aliphatic carbocycles. The standard InChI is InChI=1S/C28H30BrClN2O2/c1-20(2)31-28(34)26(18-21-9-4-3-5-10-21)32(19-22-11-8-13-24(29)17-22)27(33)16-15-23-12-6-7-14-25(23)30/h3-14,17,20,26H,15-16,18-19H2,1-2H3,(H,31,34)/t26-/m0/s1. The zero-order valence-corrected chi connectivity index (χ0v) is 21.9. The maximum absolute atomic E-state index is 13.6. The minimum Gasteiger partial charge on any atom is -0.352 e. The lowest BCUT2D eigenvalue weighted by Crippen LogP contribution is -2.51. The van der Waals surface area contributed by atoms with Crippen molar-refractivity contribution in [1.29, 1.82) is 0 Å². The molecule has 3 aromatic rings. The van der Waals surface area contributed by atoms with E-state index < -0.39 is 6.04 Å². The molecule has 0 aliphatic rings. The van der Waals surface area contributed by atoms with E-state index in [2.05, 4.69) is 21.2 Å². The van der Waals surface area contributed by atoms with Crippen LogP contribution in [0.3, 0.4) is 0 Å². The van der Waals surface area contributed by atoms with Gasteiger partial charge in [0.15, 0.2) is 0 Å². The van der Waals surface area contributed by atoms with Crippen LogP contribution in [0.1, 0.15) is 37.0 Å². The van der Waals surface area contributed by atoms with Gasteiger partial charge in [0, 0.05) is 34.9 Å². The quantitative estimate of drug-likeness (QED) is 0.332. The topological polar surface area (TPSA) is 49.4 Å². The molecule has 3 rings (SSSR count). The van der Waals surface area contributed by atoms with Crippen LogP contribution in [0.25, 0.3) is 0 Å². The molecule has 3 aromatic carbocycles. The maximum Gasteiger partial charge on any atom is 0.243 e. The lowest BCUT2D eigenvalue weighted by atomic mass is 10.0. The van der Waals surface area contributed by atoms with Crippen molar-refractivity contribution in [1.82, 2.24) is 10.2 Å².